The number of nitrogens with zero attached hydrogens (tertiary/aromatic N) is 1. The molecule has 0 aliphatic heterocycles. The van der Waals surface area contributed by atoms with Crippen molar-refractivity contribution in [3.8, 4) is 0 Å². The number of rotatable bonds is 12. The van der Waals surface area contributed by atoms with Gasteiger partial charge >= 0.3 is 0 Å². The van der Waals surface area contributed by atoms with Gasteiger partial charge in [0.05, 0.1) is 19.6 Å². The van der Waals surface area contributed by atoms with Crippen LogP contribution in [0, 0.1) is 10.8 Å². The van der Waals surface area contributed by atoms with E-state index in [0.29, 0.717) is 16.4 Å². The van der Waals surface area contributed by atoms with E-state index >= 15 is 0 Å². The topological polar surface area (TPSA) is 0 Å². The first-order valence-electron chi connectivity index (χ1n) is 11.4. The zero-order chi connectivity index (χ0) is 19.8. The summed E-state index contributed by atoms with van der Waals surface area (Å²) in [6.45, 7) is 28.8. The molecule has 0 aromatic carbocycles. The second-order valence-electron chi connectivity index (χ2n) is 10.5. The predicted octanol–water partition coefficient (Wildman–Crippen LogP) is 7.83. The van der Waals surface area contributed by atoms with E-state index in [0.717, 1.165) is 0 Å². The molecule has 0 bridgehead atoms. The van der Waals surface area contributed by atoms with Gasteiger partial charge < -0.3 is 4.48 Å². The summed E-state index contributed by atoms with van der Waals surface area (Å²) in [4.78, 5) is 0. The number of hydrogen-bond donors (Lipinski definition) is 0. The lowest BCUT2D eigenvalue weighted by Gasteiger charge is -2.65. The van der Waals surface area contributed by atoms with Crippen LogP contribution in [0.1, 0.15) is 121 Å². The molecule has 0 saturated heterocycles. The molecule has 0 aliphatic carbocycles. The van der Waals surface area contributed by atoms with Gasteiger partial charge in [-0.3, -0.25) is 0 Å². The third-order valence-electron chi connectivity index (χ3n) is 6.72. The molecular weight excluding hydrogens is 302 g/mol. The maximum Gasteiger partial charge on any atom is 0.109 e. The Balaban J connectivity index is 6.52. The third-order valence-corrected chi connectivity index (χ3v) is 6.72. The van der Waals surface area contributed by atoms with Gasteiger partial charge in [0.1, 0.15) is 5.54 Å². The first-order chi connectivity index (χ1) is 11.5. The minimum Gasteiger partial charge on any atom is -0.318 e. The Morgan fingerprint density at radius 2 is 0.840 bits per heavy atom. The van der Waals surface area contributed by atoms with Crippen LogP contribution in [-0.4, -0.2) is 29.7 Å². The SMILES string of the molecule is CCCC[N+](CCCC)(CCCC)C(CCC)(C(C)(C)C)C(C)(C)C. The Labute approximate surface area is 161 Å². The quantitative estimate of drug-likeness (QED) is 0.313. The van der Waals surface area contributed by atoms with Gasteiger partial charge in [-0.05, 0) is 19.3 Å². The molecule has 0 aromatic rings. The molecule has 25 heavy (non-hydrogen) atoms. The minimum atomic E-state index is 0.302. The lowest BCUT2D eigenvalue weighted by atomic mass is 9.55. The van der Waals surface area contributed by atoms with Crippen molar-refractivity contribution in [3.05, 3.63) is 0 Å². The van der Waals surface area contributed by atoms with Crippen molar-refractivity contribution in [3.63, 3.8) is 0 Å². The molecule has 0 rings (SSSR count). The summed E-state index contributed by atoms with van der Waals surface area (Å²) in [6.07, 6.45) is 10.7. The minimum absolute atomic E-state index is 0.302. The van der Waals surface area contributed by atoms with Gasteiger partial charge in [-0.15, -0.1) is 0 Å². The highest BCUT2D eigenvalue weighted by Crippen LogP contribution is 2.55. The van der Waals surface area contributed by atoms with Crippen molar-refractivity contribution in [1.29, 1.82) is 0 Å². The Kier molecular flexibility index (Phi) is 10.3. The molecule has 0 fully saturated rings. The fourth-order valence-corrected chi connectivity index (χ4v) is 6.19. The third kappa shape index (κ3) is 5.47. The molecule has 0 aromatic heterocycles. The number of hydrogen-bond acceptors (Lipinski definition) is 0. The van der Waals surface area contributed by atoms with Crippen LogP contribution in [0.15, 0.2) is 0 Å². The van der Waals surface area contributed by atoms with Crippen LogP contribution in [-0.2, 0) is 0 Å². The predicted molar refractivity (Wildman–Crippen MR) is 116 cm³/mol. The second kappa shape index (κ2) is 10.3. The average Bonchev–Trinajstić information content (AvgIpc) is 2.50. The van der Waals surface area contributed by atoms with Gasteiger partial charge in [-0.2, -0.15) is 0 Å². The fourth-order valence-electron chi connectivity index (χ4n) is 6.19. The molecule has 0 radical (unpaired) electrons. The van der Waals surface area contributed by atoms with E-state index in [-0.39, 0.29) is 0 Å². The molecular formula is C24H52N+. The van der Waals surface area contributed by atoms with Crippen molar-refractivity contribution in [1.82, 2.24) is 0 Å². The van der Waals surface area contributed by atoms with Crippen LogP contribution in [0.5, 0.6) is 0 Å². The van der Waals surface area contributed by atoms with E-state index in [2.05, 4.69) is 69.2 Å². The second-order valence-corrected chi connectivity index (χ2v) is 10.5. The Morgan fingerprint density at radius 3 is 1.04 bits per heavy atom. The molecule has 0 spiro atoms. The van der Waals surface area contributed by atoms with E-state index in [1.54, 1.807) is 0 Å². The zero-order valence-electron chi connectivity index (χ0n) is 19.7. The molecule has 0 amide bonds. The van der Waals surface area contributed by atoms with Crippen LogP contribution < -0.4 is 0 Å². The van der Waals surface area contributed by atoms with Gasteiger partial charge in [0.15, 0.2) is 0 Å². The molecule has 1 heteroatoms. The highest BCUT2D eigenvalue weighted by molar-refractivity contribution is 5.02. The van der Waals surface area contributed by atoms with E-state index in [9.17, 15) is 0 Å². The largest absolute Gasteiger partial charge is 0.318 e. The van der Waals surface area contributed by atoms with Crippen molar-refractivity contribution in [2.45, 2.75) is 126 Å². The summed E-state index contributed by atoms with van der Waals surface area (Å²) in [6, 6.07) is 0. The molecule has 1 nitrogen and oxygen atoms in total. The summed E-state index contributed by atoms with van der Waals surface area (Å²) in [5.74, 6) is 0. The van der Waals surface area contributed by atoms with E-state index < -0.39 is 0 Å². The summed E-state index contributed by atoms with van der Waals surface area (Å²) in [7, 11) is 0. The van der Waals surface area contributed by atoms with E-state index in [1.807, 2.05) is 0 Å². The van der Waals surface area contributed by atoms with Gasteiger partial charge in [0, 0.05) is 17.3 Å². The highest BCUT2D eigenvalue weighted by atomic mass is 15.4. The highest BCUT2D eigenvalue weighted by Gasteiger charge is 2.62. The van der Waals surface area contributed by atoms with Gasteiger partial charge in [-0.25, -0.2) is 0 Å². The molecule has 0 atom stereocenters. The number of unbranched alkanes of at least 4 members (excludes halogenated alkanes) is 3. The van der Waals surface area contributed by atoms with Crippen LogP contribution in [0.4, 0.5) is 0 Å². The van der Waals surface area contributed by atoms with Gasteiger partial charge in [0.25, 0.3) is 0 Å². The molecule has 0 aliphatic rings. The molecule has 0 saturated carbocycles. The summed E-state index contributed by atoms with van der Waals surface area (Å²) < 4.78 is 1.35. The van der Waals surface area contributed by atoms with Crippen molar-refractivity contribution >= 4 is 0 Å². The van der Waals surface area contributed by atoms with Crippen LogP contribution >= 0.6 is 0 Å². The van der Waals surface area contributed by atoms with Crippen molar-refractivity contribution < 1.29 is 4.48 Å². The maximum absolute atomic E-state index is 2.53. The lowest BCUT2D eigenvalue weighted by Crippen LogP contribution is -2.75. The molecule has 0 heterocycles. The Hall–Kier alpha value is -0.0400. The summed E-state index contributed by atoms with van der Waals surface area (Å²) in [5, 5.41) is 0. The monoisotopic (exact) mass is 354 g/mol. The maximum atomic E-state index is 2.53. The molecule has 152 valence electrons. The van der Waals surface area contributed by atoms with Crippen molar-refractivity contribution in [2.24, 2.45) is 10.8 Å². The lowest BCUT2D eigenvalue weighted by molar-refractivity contribution is -0.992. The normalized spacial score (nSPS) is 14.2. The Morgan fingerprint density at radius 1 is 0.520 bits per heavy atom. The van der Waals surface area contributed by atoms with E-state index in [1.165, 1.54) is 75.5 Å². The average molecular weight is 355 g/mol. The fraction of sp³-hybridized carbons (Fsp3) is 1.00. The van der Waals surface area contributed by atoms with Crippen molar-refractivity contribution in [2.75, 3.05) is 19.6 Å². The van der Waals surface area contributed by atoms with Crippen LogP contribution in [0.3, 0.4) is 0 Å². The van der Waals surface area contributed by atoms with Crippen LogP contribution in [0.2, 0.25) is 0 Å². The first kappa shape index (κ1) is 25.0. The smallest absolute Gasteiger partial charge is 0.109 e. The summed E-state index contributed by atoms with van der Waals surface area (Å²) in [5.41, 5.74) is 0.932. The standard InChI is InChI=1S/C24H52N/c1-11-15-19-25(20-16-12-2,21-17-13-3)24(18-14-4,22(5,6)7)23(8,9)10/h11-21H2,1-10H3/q+1. The van der Waals surface area contributed by atoms with E-state index in [4.69, 9.17) is 0 Å². The van der Waals surface area contributed by atoms with Gasteiger partial charge in [0.2, 0.25) is 0 Å². The zero-order valence-corrected chi connectivity index (χ0v) is 19.7. The van der Waals surface area contributed by atoms with Gasteiger partial charge in [-0.1, -0.05) is 94.9 Å². The Bertz CT molecular complexity index is 306. The number of quaternary nitrogens is 1. The summed E-state index contributed by atoms with van der Waals surface area (Å²) >= 11 is 0. The molecule has 0 unspecified atom stereocenters. The van der Waals surface area contributed by atoms with Crippen LogP contribution in [0.25, 0.3) is 0 Å². The first-order valence-corrected chi connectivity index (χ1v) is 11.4. The molecule has 0 N–H and O–H groups in total.